The van der Waals surface area contributed by atoms with E-state index >= 15 is 0 Å². The molecule has 0 bridgehead atoms. The number of benzene rings is 3. The van der Waals surface area contributed by atoms with Gasteiger partial charge in [0.15, 0.2) is 0 Å². The molecule has 6 nitrogen and oxygen atoms in total. The average Bonchev–Trinajstić information content (AvgIpc) is 3.10. The molecular weight excluding hydrogens is 418 g/mol. The number of aliphatic hydroxyl groups is 1. The molecule has 1 heterocycles. The Hall–Kier alpha value is -4.06. The van der Waals surface area contributed by atoms with Crippen molar-refractivity contribution in [2.75, 3.05) is 18.6 Å². The summed E-state index contributed by atoms with van der Waals surface area (Å²) in [5.74, 6) is -0.354. The van der Waals surface area contributed by atoms with Gasteiger partial charge >= 0.3 is 0 Å². The first kappa shape index (κ1) is 22.1. The Morgan fingerprint density at radius 1 is 0.939 bits per heavy atom. The summed E-state index contributed by atoms with van der Waals surface area (Å²) in [5, 5.41) is 11.2. The van der Waals surface area contributed by atoms with Crippen molar-refractivity contribution in [1.29, 1.82) is 0 Å². The van der Waals surface area contributed by atoms with Crippen LogP contribution in [0.4, 0.5) is 5.69 Å². The molecule has 1 N–H and O–H groups in total. The molecule has 1 fully saturated rings. The van der Waals surface area contributed by atoms with Crippen molar-refractivity contribution in [3.05, 3.63) is 95.1 Å². The van der Waals surface area contributed by atoms with Crippen LogP contribution in [-0.4, -0.2) is 30.5 Å². The van der Waals surface area contributed by atoms with Crippen LogP contribution in [0.2, 0.25) is 0 Å². The second-order valence-corrected chi connectivity index (χ2v) is 7.68. The summed E-state index contributed by atoms with van der Waals surface area (Å²) in [4.78, 5) is 27.9. The van der Waals surface area contributed by atoms with Gasteiger partial charge in [0.2, 0.25) is 0 Å². The van der Waals surface area contributed by atoms with E-state index in [0.29, 0.717) is 29.4 Å². The van der Waals surface area contributed by atoms with E-state index in [4.69, 9.17) is 9.47 Å². The van der Waals surface area contributed by atoms with E-state index in [-0.39, 0.29) is 11.3 Å². The molecule has 6 heteroatoms. The molecule has 1 unspecified atom stereocenters. The highest BCUT2D eigenvalue weighted by Gasteiger charge is 2.47. The fourth-order valence-electron chi connectivity index (χ4n) is 4.06. The van der Waals surface area contributed by atoms with E-state index < -0.39 is 17.7 Å². The van der Waals surface area contributed by atoms with Crippen LogP contribution in [0, 0.1) is 6.92 Å². The summed E-state index contributed by atoms with van der Waals surface area (Å²) in [6.07, 6.45) is 0. The van der Waals surface area contributed by atoms with Crippen molar-refractivity contribution in [2.45, 2.75) is 19.9 Å². The van der Waals surface area contributed by atoms with Crippen LogP contribution >= 0.6 is 0 Å². The van der Waals surface area contributed by atoms with Crippen molar-refractivity contribution < 1.29 is 24.2 Å². The molecule has 0 aromatic heterocycles. The normalized spacial score (nSPS) is 17.3. The topological polar surface area (TPSA) is 76.1 Å². The zero-order valence-electron chi connectivity index (χ0n) is 18.7. The third-order valence-corrected chi connectivity index (χ3v) is 5.72. The van der Waals surface area contributed by atoms with E-state index in [2.05, 4.69) is 0 Å². The maximum atomic E-state index is 13.2. The molecular formula is C27H25NO5. The number of aliphatic hydroxyl groups excluding tert-OH is 1. The van der Waals surface area contributed by atoms with Crippen molar-refractivity contribution in [2.24, 2.45) is 0 Å². The predicted octanol–water partition coefficient (Wildman–Crippen LogP) is 5.03. The second kappa shape index (κ2) is 9.20. The molecule has 0 radical (unpaired) electrons. The third-order valence-electron chi connectivity index (χ3n) is 5.72. The molecule has 0 aliphatic carbocycles. The van der Waals surface area contributed by atoms with Gasteiger partial charge in [0.05, 0.1) is 25.3 Å². The second-order valence-electron chi connectivity index (χ2n) is 7.68. The SMILES string of the molecule is CCOc1ccc(/C(O)=C2/C(=O)C(=O)N(c3ccc(OC)cc3)C2c2ccccc2C)cc1. The summed E-state index contributed by atoms with van der Waals surface area (Å²) in [6.45, 7) is 4.32. The smallest absolute Gasteiger partial charge is 0.300 e. The number of carbonyl (C=O) groups is 2. The Morgan fingerprint density at radius 3 is 2.18 bits per heavy atom. The number of ether oxygens (including phenoxy) is 2. The Balaban J connectivity index is 1.89. The number of methoxy groups -OCH3 is 1. The minimum Gasteiger partial charge on any atom is -0.507 e. The first-order valence-corrected chi connectivity index (χ1v) is 10.7. The zero-order chi connectivity index (χ0) is 23.5. The number of Topliss-reactive ketones (excluding diaryl/α,β-unsaturated/α-hetero) is 1. The lowest BCUT2D eigenvalue weighted by Crippen LogP contribution is -2.29. The van der Waals surface area contributed by atoms with Crippen LogP contribution in [-0.2, 0) is 9.59 Å². The molecule has 168 valence electrons. The Morgan fingerprint density at radius 2 is 1.58 bits per heavy atom. The molecule has 3 aromatic rings. The van der Waals surface area contributed by atoms with Crippen LogP contribution < -0.4 is 14.4 Å². The van der Waals surface area contributed by atoms with Gasteiger partial charge in [-0.15, -0.1) is 0 Å². The van der Waals surface area contributed by atoms with Crippen molar-refractivity contribution in [3.8, 4) is 11.5 Å². The van der Waals surface area contributed by atoms with Gasteiger partial charge in [-0.05, 0) is 73.5 Å². The quantitative estimate of drug-likeness (QED) is 0.329. The molecule has 1 saturated heterocycles. The van der Waals surface area contributed by atoms with E-state index in [0.717, 1.165) is 11.1 Å². The monoisotopic (exact) mass is 443 g/mol. The van der Waals surface area contributed by atoms with Crippen molar-refractivity contribution in [3.63, 3.8) is 0 Å². The number of amides is 1. The summed E-state index contributed by atoms with van der Waals surface area (Å²) >= 11 is 0. The highest BCUT2D eigenvalue weighted by atomic mass is 16.5. The number of rotatable bonds is 6. The van der Waals surface area contributed by atoms with E-state index in [1.165, 1.54) is 4.90 Å². The fraction of sp³-hybridized carbons (Fsp3) is 0.185. The van der Waals surface area contributed by atoms with Crippen molar-refractivity contribution >= 4 is 23.1 Å². The minimum atomic E-state index is -0.772. The molecule has 4 rings (SSSR count). The van der Waals surface area contributed by atoms with Gasteiger partial charge in [-0.25, -0.2) is 0 Å². The molecule has 3 aromatic carbocycles. The van der Waals surface area contributed by atoms with E-state index in [1.54, 1.807) is 55.6 Å². The molecule has 1 amide bonds. The van der Waals surface area contributed by atoms with Gasteiger partial charge in [0.25, 0.3) is 11.7 Å². The molecule has 0 saturated carbocycles. The third kappa shape index (κ3) is 4.07. The van der Waals surface area contributed by atoms with Gasteiger partial charge < -0.3 is 14.6 Å². The summed E-state index contributed by atoms with van der Waals surface area (Å²) < 4.78 is 10.7. The van der Waals surface area contributed by atoms with Crippen LogP contribution in [0.3, 0.4) is 0 Å². The van der Waals surface area contributed by atoms with Gasteiger partial charge in [0.1, 0.15) is 17.3 Å². The maximum absolute atomic E-state index is 13.2. The lowest BCUT2D eigenvalue weighted by molar-refractivity contribution is -0.132. The van der Waals surface area contributed by atoms with Gasteiger partial charge in [-0.2, -0.15) is 0 Å². The van der Waals surface area contributed by atoms with Gasteiger partial charge in [-0.1, -0.05) is 24.3 Å². The molecule has 1 aliphatic heterocycles. The number of ketones is 1. The first-order valence-electron chi connectivity index (χ1n) is 10.7. The number of aryl methyl sites for hydroxylation is 1. The highest BCUT2D eigenvalue weighted by Crippen LogP contribution is 2.43. The molecule has 33 heavy (non-hydrogen) atoms. The van der Waals surface area contributed by atoms with E-state index in [9.17, 15) is 14.7 Å². The first-order chi connectivity index (χ1) is 16.0. The number of carbonyl (C=O) groups excluding carboxylic acids is 2. The van der Waals surface area contributed by atoms with Crippen LogP contribution in [0.15, 0.2) is 78.4 Å². The Labute approximate surface area is 192 Å². The highest BCUT2D eigenvalue weighted by molar-refractivity contribution is 6.51. The van der Waals surface area contributed by atoms with E-state index in [1.807, 2.05) is 38.1 Å². The summed E-state index contributed by atoms with van der Waals surface area (Å²) in [5.41, 5.74) is 2.69. The number of nitrogens with zero attached hydrogens (tertiary/aromatic N) is 1. The summed E-state index contributed by atoms with van der Waals surface area (Å²) in [6, 6.07) is 20.5. The fourth-order valence-corrected chi connectivity index (χ4v) is 4.06. The van der Waals surface area contributed by atoms with Crippen LogP contribution in [0.1, 0.15) is 29.7 Å². The number of anilines is 1. The lowest BCUT2D eigenvalue weighted by Gasteiger charge is -2.26. The maximum Gasteiger partial charge on any atom is 0.300 e. The van der Waals surface area contributed by atoms with Crippen LogP contribution in [0.25, 0.3) is 5.76 Å². The molecule has 0 spiro atoms. The van der Waals surface area contributed by atoms with Crippen LogP contribution in [0.5, 0.6) is 11.5 Å². The number of hydrogen-bond donors (Lipinski definition) is 1. The predicted molar refractivity (Wildman–Crippen MR) is 127 cm³/mol. The molecule has 1 aliphatic rings. The molecule has 1 atom stereocenters. The zero-order valence-corrected chi connectivity index (χ0v) is 18.7. The van der Waals surface area contributed by atoms with Gasteiger partial charge in [-0.3, -0.25) is 14.5 Å². The van der Waals surface area contributed by atoms with Gasteiger partial charge in [0, 0.05) is 11.3 Å². The minimum absolute atomic E-state index is 0.0503. The Bertz CT molecular complexity index is 1210. The standard InChI is InChI=1S/C27H25NO5/c1-4-33-21-13-9-18(10-14-21)25(29)23-24(22-8-6-5-7-17(22)2)28(27(31)26(23)30)19-11-15-20(32-3)16-12-19/h5-16,24,29H,4H2,1-3H3/b25-23-. The largest absolute Gasteiger partial charge is 0.507 e. The average molecular weight is 443 g/mol. The van der Waals surface area contributed by atoms with Crippen molar-refractivity contribution in [1.82, 2.24) is 0 Å². The number of hydrogen-bond acceptors (Lipinski definition) is 5. The summed E-state index contributed by atoms with van der Waals surface area (Å²) in [7, 11) is 1.56. The lowest BCUT2D eigenvalue weighted by atomic mass is 9.92. The Kier molecular flexibility index (Phi) is 6.18.